The van der Waals surface area contributed by atoms with Gasteiger partial charge in [-0.2, -0.15) is 10.2 Å². The zero-order chi connectivity index (χ0) is 24.0. The Morgan fingerprint density at radius 1 is 0.886 bits per heavy atom. The van der Waals surface area contributed by atoms with Crippen molar-refractivity contribution in [3.8, 4) is 17.0 Å². The highest BCUT2D eigenvalue weighted by Gasteiger charge is 2.12. The van der Waals surface area contributed by atoms with Crippen LogP contribution >= 0.6 is 0 Å². The van der Waals surface area contributed by atoms with E-state index in [1.54, 1.807) is 6.07 Å². The third-order valence-electron chi connectivity index (χ3n) is 5.69. The van der Waals surface area contributed by atoms with Crippen molar-refractivity contribution in [1.29, 1.82) is 0 Å². The van der Waals surface area contributed by atoms with E-state index in [2.05, 4.69) is 38.9 Å². The third kappa shape index (κ3) is 5.28. The number of nitrogens with zero attached hydrogens (tertiary/aromatic N) is 2. The first-order chi connectivity index (χ1) is 17.2. The molecule has 0 atom stereocenters. The third-order valence-corrected chi connectivity index (χ3v) is 5.69. The molecular weight excluding hydrogens is 436 g/mol. The number of ether oxygens (including phenoxy) is 1. The Kier molecular flexibility index (Phi) is 6.35. The van der Waals surface area contributed by atoms with Gasteiger partial charge in [-0.25, -0.2) is 5.43 Å². The number of aromatic nitrogens is 2. The monoisotopic (exact) mass is 460 g/mol. The van der Waals surface area contributed by atoms with Crippen molar-refractivity contribution in [1.82, 2.24) is 15.6 Å². The number of hydrogen-bond donors (Lipinski definition) is 2. The Hall–Kier alpha value is -4.71. The van der Waals surface area contributed by atoms with Crippen LogP contribution in [0.1, 0.15) is 28.5 Å². The highest BCUT2D eigenvalue weighted by atomic mass is 16.5. The van der Waals surface area contributed by atoms with Crippen molar-refractivity contribution in [2.24, 2.45) is 5.10 Å². The number of aromatic amines is 1. The van der Waals surface area contributed by atoms with E-state index in [0.29, 0.717) is 23.7 Å². The number of H-pyrrole nitrogens is 1. The van der Waals surface area contributed by atoms with Crippen LogP contribution in [-0.2, 0) is 6.61 Å². The molecule has 0 aliphatic rings. The summed E-state index contributed by atoms with van der Waals surface area (Å²) in [5, 5.41) is 13.7. The minimum atomic E-state index is -0.361. The summed E-state index contributed by atoms with van der Waals surface area (Å²) in [6.45, 7) is 2.34. The molecule has 2 N–H and O–H groups in total. The highest BCUT2D eigenvalue weighted by molar-refractivity contribution is 6.03. The number of hydrogen-bond acceptors (Lipinski definition) is 4. The van der Waals surface area contributed by atoms with Crippen molar-refractivity contribution in [2.45, 2.75) is 13.5 Å². The van der Waals surface area contributed by atoms with Gasteiger partial charge in [0.15, 0.2) is 0 Å². The molecule has 1 amide bonds. The number of nitrogens with one attached hydrogen (secondary N) is 2. The number of amides is 1. The predicted molar refractivity (Wildman–Crippen MR) is 138 cm³/mol. The summed E-state index contributed by atoms with van der Waals surface area (Å²) in [6.07, 6.45) is 0. The smallest absolute Gasteiger partial charge is 0.289 e. The summed E-state index contributed by atoms with van der Waals surface area (Å²) < 4.78 is 5.91. The maximum atomic E-state index is 12.6. The van der Waals surface area contributed by atoms with Gasteiger partial charge in [-0.1, -0.05) is 78.9 Å². The van der Waals surface area contributed by atoms with Crippen molar-refractivity contribution in [3.05, 3.63) is 120 Å². The van der Waals surface area contributed by atoms with Crippen LogP contribution in [-0.4, -0.2) is 21.8 Å². The van der Waals surface area contributed by atoms with Gasteiger partial charge in [-0.3, -0.25) is 9.89 Å². The molecule has 4 aromatic carbocycles. The van der Waals surface area contributed by atoms with Gasteiger partial charge in [0, 0.05) is 5.56 Å². The Labute approximate surface area is 203 Å². The molecule has 1 heterocycles. The predicted octanol–water partition coefficient (Wildman–Crippen LogP) is 5.96. The van der Waals surface area contributed by atoms with E-state index >= 15 is 0 Å². The molecule has 0 saturated heterocycles. The number of benzene rings is 4. The molecular formula is C29H24N4O2. The molecule has 0 unspecified atom stereocenters. The SMILES string of the molecule is CC(=NNC(=O)c1cc(-c2cccc(OCc3ccccc3)c2)n[nH]1)c1ccc2ccccc2c1. The summed E-state index contributed by atoms with van der Waals surface area (Å²) in [6, 6.07) is 33.6. The maximum absolute atomic E-state index is 12.6. The van der Waals surface area contributed by atoms with Gasteiger partial charge in [0.1, 0.15) is 18.1 Å². The van der Waals surface area contributed by atoms with Gasteiger partial charge >= 0.3 is 0 Å². The standard InChI is InChI=1S/C29H24N4O2/c1-20(23-15-14-22-10-5-6-11-24(22)16-23)30-33-29(34)28-18-27(31-32-28)25-12-7-13-26(17-25)35-19-21-8-3-2-4-9-21/h2-18H,19H2,1H3,(H,31,32)(H,33,34). The first kappa shape index (κ1) is 22.1. The average Bonchev–Trinajstić information content (AvgIpc) is 3.41. The first-order valence-electron chi connectivity index (χ1n) is 11.3. The van der Waals surface area contributed by atoms with E-state index in [1.165, 1.54) is 0 Å². The summed E-state index contributed by atoms with van der Waals surface area (Å²) in [4.78, 5) is 12.6. The fourth-order valence-corrected chi connectivity index (χ4v) is 3.75. The lowest BCUT2D eigenvalue weighted by Gasteiger charge is -2.07. The highest BCUT2D eigenvalue weighted by Crippen LogP contribution is 2.23. The lowest BCUT2D eigenvalue weighted by molar-refractivity contribution is 0.0950. The van der Waals surface area contributed by atoms with Crippen molar-refractivity contribution in [2.75, 3.05) is 0 Å². The van der Waals surface area contributed by atoms with Crippen LogP contribution in [0.25, 0.3) is 22.0 Å². The molecule has 1 aromatic heterocycles. The second kappa shape index (κ2) is 10.1. The fourth-order valence-electron chi connectivity index (χ4n) is 3.75. The molecule has 0 aliphatic carbocycles. The first-order valence-corrected chi connectivity index (χ1v) is 11.3. The second-order valence-corrected chi connectivity index (χ2v) is 8.17. The Morgan fingerprint density at radius 3 is 2.54 bits per heavy atom. The Bertz CT molecular complexity index is 1510. The van der Waals surface area contributed by atoms with Crippen molar-refractivity contribution < 1.29 is 9.53 Å². The maximum Gasteiger partial charge on any atom is 0.289 e. The normalized spacial score (nSPS) is 11.4. The Morgan fingerprint density at radius 2 is 1.69 bits per heavy atom. The largest absolute Gasteiger partial charge is 0.489 e. The van der Waals surface area contributed by atoms with E-state index in [-0.39, 0.29) is 5.91 Å². The van der Waals surface area contributed by atoms with Crippen LogP contribution in [0, 0.1) is 0 Å². The number of carbonyl (C=O) groups is 1. The van der Waals surface area contributed by atoms with Crippen molar-refractivity contribution >= 4 is 22.4 Å². The van der Waals surface area contributed by atoms with E-state index in [0.717, 1.165) is 33.2 Å². The Balaban J connectivity index is 1.25. The molecule has 6 heteroatoms. The van der Waals surface area contributed by atoms with Gasteiger partial charge < -0.3 is 4.74 Å². The molecule has 0 saturated carbocycles. The van der Waals surface area contributed by atoms with E-state index < -0.39 is 0 Å². The second-order valence-electron chi connectivity index (χ2n) is 8.17. The quantitative estimate of drug-likeness (QED) is 0.232. The molecule has 0 bridgehead atoms. The summed E-state index contributed by atoms with van der Waals surface area (Å²) in [5.41, 5.74) is 7.19. The molecule has 0 radical (unpaired) electrons. The molecule has 6 nitrogen and oxygen atoms in total. The number of carbonyl (C=O) groups excluding carboxylic acids is 1. The van der Waals surface area contributed by atoms with Gasteiger partial charge in [0.25, 0.3) is 5.91 Å². The van der Waals surface area contributed by atoms with Crippen LogP contribution < -0.4 is 10.2 Å². The summed E-state index contributed by atoms with van der Waals surface area (Å²) in [5.74, 6) is 0.372. The van der Waals surface area contributed by atoms with E-state index in [9.17, 15) is 4.79 Å². The number of rotatable bonds is 7. The summed E-state index contributed by atoms with van der Waals surface area (Å²) in [7, 11) is 0. The van der Waals surface area contributed by atoms with Gasteiger partial charge in [0.2, 0.25) is 0 Å². The summed E-state index contributed by atoms with van der Waals surface area (Å²) >= 11 is 0. The van der Waals surface area contributed by atoms with Crippen LogP contribution in [0.15, 0.2) is 108 Å². The van der Waals surface area contributed by atoms with Crippen molar-refractivity contribution in [3.63, 3.8) is 0 Å². The fraction of sp³-hybridized carbons (Fsp3) is 0.0690. The molecule has 0 spiro atoms. The zero-order valence-electron chi connectivity index (χ0n) is 19.2. The van der Waals surface area contributed by atoms with Crippen LogP contribution in [0.3, 0.4) is 0 Å². The minimum Gasteiger partial charge on any atom is -0.489 e. The van der Waals surface area contributed by atoms with Gasteiger partial charge in [-0.15, -0.1) is 0 Å². The number of fused-ring (bicyclic) bond motifs is 1. The molecule has 35 heavy (non-hydrogen) atoms. The topological polar surface area (TPSA) is 79.4 Å². The zero-order valence-corrected chi connectivity index (χ0v) is 19.2. The average molecular weight is 461 g/mol. The molecule has 0 aliphatic heterocycles. The van der Waals surface area contributed by atoms with Gasteiger partial charge in [0.05, 0.1) is 11.4 Å². The van der Waals surface area contributed by atoms with Gasteiger partial charge in [-0.05, 0) is 53.1 Å². The lowest BCUT2D eigenvalue weighted by atomic mass is 10.0. The molecule has 5 rings (SSSR count). The van der Waals surface area contributed by atoms with Crippen LogP contribution in [0.2, 0.25) is 0 Å². The molecule has 172 valence electrons. The lowest BCUT2D eigenvalue weighted by Crippen LogP contribution is -2.19. The van der Waals surface area contributed by atoms with Crippen LogP contribution in [0.4, 0.5) is 0 Å². The van der Waals surface area contributed by atoms with Crippen LogP contribution in [0.5, 0.6) is 5.75 Å². The van der Waals surface area contributed by atoms with E-state index in [1.807, 2.05) is 85.8 Å². The minimum absolute atomic E-state index is 0.325. The molecule has 5 aromatic rings. The number of hydrazone groups is 1. The molecule has 0 fully saturated rings. The van der Waals surface area contributed by atoms with E-state index in [4.69, 9.17) is 4.74 Å².